The molecule has 2 rings (SSSR count). The second kappa shape index (κ2) is 8.80. The van der Waals surface area contributed by atoms with Crippen LogP contribution in [0.1, 0.15) is 25.3 Å². The molecule has 108 valence electrons. The van der Waals surface area contributed by atoms with Crippen molar-refractivity contribution < 1.29 is 0 Å². The molecule has 0 spiro atoms. The van der Waals surface area contributed by atoms with E-state index in [1.165, 1.54) is 38.0 Å². The highest BCUT2D eigenvalue weighted by Crippen LogP contribution is 2.19. The van der Waals surface area contributed by atoms with Crippen molar-refractivity contribution in [1.82, 2.24) is 10.2 Å². The highest BCUT2D eigenvalue weighted by atomic mass is 35.5. The second-order valence-corrected chi connectivity index (χ2v) is 5.59. The Balaban J connectivity index is 0.00000180. The number of hydrogen-bond acceptors (Lipinski definition) is 2. The molecule has 2 nitrogen and oxygen atoms in total. The first kappa shape index (κ1) is 16.8. The number of rotatable bonds is 5. The average molecular weight is 303 g/mol. The summed E-state index contributed by atoms with van der Waals surface area (Å²) < 4.78 is 0. The third-order valence-electron chi connectivity index (χ3n) is 3.71. The molecule has 0 aromatic heterocycles. The maximum Gasteiger partial charge on any atom is 0.0406 e. The Morgan fingerprint density at radius 1 is 1.21 bits per heavy atom. The van der Waals surface area contributed by atoms with Crippen LogP contribution in [0.5, 0.6) is 0 Å². The van der Waals surface area contributed by atoms with E-state index < -0.39 is 0 Å². The molecular weight excluding hydrogens is 279 g/mol. The Kier molecular flexibility index (Phi) is 7.77. The number of nitrogens with zero attached hydrogens (tertiary/aromatic N) is 1. The van der Waals surface area contributed by atoms with Crippen molar-refractivity contribution in [3.8, 4) is 0 Å². The molecule has 4 heteroatoms. The molecule has 1 aliphatic rings. The maximum atomic E-state index is 5.90. The monoisotopic (exact) mass is 302 g/mol. The number of piperidine rings is 1. The molecule has 0 radical (unpaired) electrons. The van der Waals surface area contributed by atoms with Gasteiger partial charge in [-0.05, 0) is 62.6 Å². The lowest BCUT2D eigenvalue weighted by molar-refractivity contribution is 0.176. The molecule has 1 aliphatic heterocycles. The van der Waals surface area contributed by atoms with Crippen molar-refractivity contribution in [2.24, 2.45) is 5.92 Å². The fourth-order valence-corrected chi connectivity index (χ4v) is 2.67. The van der Waals surface area contributed by atoms with Gasteiger partial charge in [0.2, 0.25) is 0 Å². The Morgan fingerprint density at radius 2 is 1.84 bits per heavy atom. The van der Waals surface area contributed by atoms with Gasteiger partial charge in [-0.3, -0.25) is 4.90 Å². The molecule has 1 heterocycles. The van der Waals surface area contributed by atoms with Crippen LogP contribution in [0.3, 0.4) is 0 Å². The Labute approximate surface area is 127 Å². The molecular formula is C15H24Cl2N2. The van der Waals surface area contributed by atoms with Crippen LogP contribution < -0.4 is 5.32 Å². The van der Waals surface area contributed by atoms with E-state index in [0.29, 0.717) is 0 Å². The zero-order valence-electron chi connectivity index (χ0n) is 11.6. The van der Waals surface area contributed by atoms with Crippen LogP contribution in [0.2, 0.25) is 5.02 Å². The van der Waals surface area contributed by atoms with Crippen LogP contribution in [0.15, 0.2) is 24.3 Å². The van der Waals surface area contributed by atoms with Crippen LogP contribution in [0.4, 0.5) is 0 Å². The molecule has 0 unspecified atom stereocenters. The Bertz CT molecular complexity index is 346. The highest BCUT2D eigenvalue weighted by Gasteiger charge is 2.18. The molecule has 1 aromatic carbocycles. The predicted octanol–water partition coefficient (Wildman–Crippen LogP) is 3.58. The lowest BCUT2D eigenvalue weighted by Gasteiger charge is -2.32. The number of hydrogen-bond donors (Lipinski definition) is 1. The van der Waals surface area contributed by atoms with Crippen LogP contribution in [0.25, 0.3) is 0 Å². The van der Waals surface area contributed by atoms with Gasteiger partial charge >= 0.3 is 0 Å². The summed E-state index contributed by atoms with van der Waals surface area (Å²) in [5.41, 5.74) is 1.37. The van der Waals surface area contributed by atoms with E-state index in [9.17, 15) is 0 Å². The number of likely N-dealkylation sites (tertiary alicyclic amines) is 1. The topological polar surface area (TPSA) is 15.3 Å². The quantitative estimate of drug-likeness (QED) is 0.894. The zero-order chi connectivity index (χ0) is 12.8. The summed E-state index contributed by atoms with van der Waals surface area (Å²) >= 11 is 5.90. The lowest BCUT2D eigenvalue weighted by atomic mass is 9.96. The van der Waals surface area contributed by atoms with Gasteiger partial charge in [0.05, 0.1) is 0 Å². The number of benzene rings is 1. The molecule has 1 N–H and O–H groups in total. The van der Waals surface area contributed by atoms with E-state index >= 15 is 0 Å². The normalized spacial score (nSPS) is 17.2. The van der Waals surface area contributed by atoms with E-state index in [0.717, 1.165) is 24.0 Å². The van der Waals surface area contributed by atoms with Crippen molar-refractivity contribution in [2.75, 3.05) is 26.2 Å². The van der Waals surface area contributed by atoms with Crippen molar-refractivity contribution in [3.05, 3.63) is 34.9 Å². The minimum atomic E-state index is 0. The molecule has 0 atom stereocenters. The zero-order valence-corrected chi connectivity index (χ0v) is 13.1. The molecule has 1 saturated heterocycles. The first-order chi connectivity index (χ1) is 8.78. The summed E-state index contributed by atoms with van der Waals surface area (Å²) in [5, 5.41) is 4.28. The van der Waals surface area contributed by atoms with Gasteiger partial charge in [-0.1, -0.05) is 30.7 Å². The van der Waals surface area contributed by atoms with Gasteiger partial charge in [0.15, 0.2) is 0 Å². The highest BCUT2D eigenvalue weighted by molar-refractivity contribution is 6.30. The van der Waals surface area contributed by atoms with Crippen molar-refractivity contribution in [2.45, 2.75) is 26.3 Å². The average Bonchev–Trinajstić information content (AvgIpc) is 2.41. The maximum absolute atomic E-state index is 5.90. The van der Waals surface area contributed by atoms with E-state index in [4.69, 9.17) is 11.6 Å². The predicted molar refractivity (Wildman–Crippen MR) is 85.2 cm³/mol. The van der Waals surface area contributed by atoms with Gasteiger partial charge in [-0.25, -0.2) is 0 Å². The Morgan fingerprint density at radius 3 is 2.42 bits per heavy atom. The minimum absolute atomic E-state index is 0. The molecule has 0 aliphatic carbocycles. The van der Waals surface area contributed by atoms with Gasteiger partial charge in [-0.2, -0.15) is 0 Å². The summed E-state index contributed by atoms with van der Waals surface area (Å²) in [7, 11) is 0. The summed E-state index contributed by atoms with van der Waals surface area (Å²) in [5.74, 6) is 0.867. The van der Waals surface area contributed by atoms with E-state index in [-0.39, 0.29) is 12.4 Å². The van der Waals surface area contributed by atoms with Crippen LogP contribution in [-0.2, 0) is 6.54 Å². The van der Waals surface area contributed by atoms with E-state index in [1.807, 2.05) is 12.1 Å². The number of nitrogens with one attached hydrogen (secondary N) is 1. The summed E-state index contributed by atoms with van der Waals surface area (Å²) in [6.45, 7) is 7.95. The standard InChI is InChI=1S/C15H23ClN2.ClH/c1-2-17-11-13-7-9-18(10-8-13)12-14-3-5-15(16)6-4-14;/h3-6,13,17H,2,7-12H2,1H3;1H. The molecule has 0 amide bonds. The van der Waals surface area contributed by atoms with Crippen molar-refractivity contribution in [1.29, 1.82) is 0 Å². The van der Waals surface area contributed by atoms with E-state index in [2.05, 4.69) is 29.3 Å². The molecule has 0 saturated carbocycles. The molecule has 19 heavy (non-hydrogen) atoms. The second-order valence-electron chi connectivity index (χ2n) is 5.15. The smallest absolute Gasteiger partial charge is 0.0406 e. The van der Waals surface area contributed by atoms with Gasteiger partial charge in [0.1, 0.15) is 0 Å². The van der Waals surface area contributed by atoms with Gasteiger partial charge in [0.25, 0.3) is 0 Å². The first-order valence-electron chi connectivity index (χ1n) is 6.95. The lowest BCUT2D eigenvalue weighted by Crippen LogP contribution is -2.36. The van der Waals surface area contributed by atoms with Crippen LogP contribution in [-0.4, -0.2) is 31.1 Å². The van der Waals surface area contributed by atoms with Gasteiger partial charge < -0.3 is 5.32 Å². The SMILES string of the molecule is CCNCC1CCN(Cc2ccc(Cl)cc2)CC1.Cl. The molecule has 1 aromatic rings. The summed E-state index contributed by atoms with van der Waals surface area (Å²) in [6.07, 6.45) is 2.64. The van der Waals surface area contributed by atoms with Crippen LogP contribution in [0, 0.1) is 5.92 Å². The summed E-state index contributed by atoms with van der Waals surface area (Å²) in [4.78, 5) is 2.55. The first-order valence-corrected chi connectivity index (χ1v) is 7.33. The Hall–Kier alpha value is -0.280. The van der Waals surface area contributed by atoms with Crippen molar-refractivity contribution in [3.63, 3.8) is 0 Å². The fraction of sp³-hybridized carbons (Fsp3) is 0.600. The molecule has 1 fully saturated rings. The van der Waals surface area contributed by atoms with Gasteiger partial charge in [-0.15, -0.1) is 12.4 Å². The largest absolute Gasteiger partial charge is 0.317 e. The van der Waals surface area contributed by atoms with Crippen LogP contribution >= 0.6 is 24.0 Å². The minimum Gasteiger partial charge on any atom is -0.317 e. The molecule has 0 bridgehead atoms. The third kappa shape index (κ3) is 5.70. The summed E-state index contributed by atoms with van der Waals surface area (Å²) in [6, 6.07) is 8.23. The van der Waals surface area contributed by atoms with Crippen molar-refractivity contribution >= 4 is 24.0 Å². The number of halogens is 2. The van der Waals surface area contributed by atoms with E-state index in [1.54, 1.807) is 0 Å². The van der Waals surface area contributed by atoms with Gasteiger partial charge in [0, 0.05) is 11.6 Å². The fourth-order valence-electron chi connectivity index (χ4n) is 2.55. The third-order valence-corrected chi connectivity index (χ3v) is 3.96.